The van der Waals surface area contributed by atoms with Crippen molar-refractivity contribution in [3.63, 3.8) is 0 Å². The van der Waals surface area contributed by atoms with E-state index in [0.717, 1.165) is 16.3 Å². The Hall–Kier alpha value is -0.510. The van der Waals surface area contributed by atoms with Crippen molar-refractivity contribution in [3.8, 4) is 0 Å². The minimum atomic E-state index is 0.718. The Morgan fingerprint density at radius 2 is 2.08 bits per heavy atom. The molecule has 1 aromatic rings. The van der Waals surface area contributed by atoms with E-state index in [9.17, 15) is 0 Å². The fourth-order valence-corrected chi connectivity index (χ4v) is 1.37. The van der Waals surface area contributed by atoms with Gasteiger partial charge in [0.2, 0.25) is 0 Å². The van der Waals surface area contributed by atoms with Crippen molar-refractivity contribution in [2.75, 3.05) is 7.11 Å². The Kier molecular flexibility index (Phi) is 4.28. The third-order valence-corrected chi connectivity index (χ3v) is 2.19. The lowest BCUT2D eigenvalue weighted by Crippen LogP contribution is -2.09. The maximum atomic E-state index is 5.75. The maximum absolute atomic E-state index is 5.75. The van der Waals surface area contributed by atoms with Crippen LogP contribution in [0.15, 0.2) is 29.3 Å². The zero-order valence-corrected chi connectivity index (χ0v) is 9.39. The Bertz CT molecular complexity index is 297. The summed E-state index contributed by atoms with van der Waals surface area (Å²) >= 11 is 8.99. The second-order valence-electron chi connectivity index (χ2n) is 2.34. The van der Waals surface area contributed by atoms with E-state index in [1.807, 2.05) is 24.3 Å². The minimum absolute atomic E-state index is 0.718. The summed E-state index contributed by atoms with van der Waals surface area (Å²) in [6.45, 7) is 0. The molecule has 0 spiro atoms. The summed E-state index contributed by atoms with van der Waals surface area (Å²) < 4.78 is 0. The van der Waals surface area contributed by atoms with Crippen LogP contribution in [0.3, 0.4) is 0 Å². The van der Waals surface area contributed by atoms with Crippen molar-refractivity contribution in [3.05, 3.63) is 39.8 Å². The Morgan fingerprint density at radius 3 is 2.54 bits per heavy atom. The predicted molar refractivity (Wildman–Crippen MR) is 58.5 cm³/mol. The molecule has 0 saturated carbocycles. The van der Waals surface area contributed by atoms with Gasteiger partial charge in [-0.1, -0.05) is 39.7 Å². The van der Waals surface area contributed by atoms with Gasteiger partial charge in [0, 0.05) is 15.6 Å². The Morgan fingerprint density at radius 1 is 1.46 bits per heavy atom. The smallest absolute Gasteiger partial charge is 0.0745 e. The highest BCUT2D eigenvalue weighted by Crippen LogP contribution is 2.16. The van der Waals surface area contributed by atoms with E-state index in [4.69, 9.17) is 16.4 Å². The Labute approximate surface area is 90.6 Å². The SMILES string of the molecule is CONC(=CBr)c1ccc(Cl)cc1. The van der Waals surface area contributed by atoms with Crippen molar-refractivity contribution in [2.45, 2.75) is 0 Å². The highest BCUT2D eigenvalue weighted by Gasteiger charge is 1.98. The number of hydroxylamine groups is 1. The topological polar surface area (TPSA) is 21.3 Å². The molecule has 0 saturated heterocycles. The molecule has 0 aromatic heterocycles. The molecule has 1 rings (SSSR count). The van der Waals surface area contributed by atoms with E-state index in [2.05, 4.69) is 21.4 Å². The van der Waals surface area contributed by atoms with Crippen LogP contribution >= 0.6 is 27.5 Å². The van der Waals surface area contributed by atoms with Gasteiger partial charge in [-0.25, -0.2) is 0 Å². The van der Waals surface area contributed by atoms with Crippen LogP contribution in [-0.2, 0) is 4.84 Å². The number of halogens is 2. The molecule has 0 bridgehead atoms. The van der Waals surface area contributed by atoms with E-state index in [1.54, 1.807) is 12.1 Å². The van der Waals surface area contributed by atoms with Gasteiger partial charge in [0.15, 0.2) is 0 Å². The zero-order chi connectivity index (χ0) is 9.68. The lowest BCUT2D eigenvalue weighted by Gasteiger charge is -2.07. The number of benzene rings is 1. The predicted octanol–water partition coefficient (Wildman–Crippen LogP) is 3.18. The molecular weight excluding hydrogens is 253 g/mol. The van der Waals surface area contributed by atoms with Crippen molar-refractivity contribution in [1.82, 2.24) is 5.48 Å². The molecule has 1 N–H and O–H groups in total. The molecule has 13 heavy (non-hydrogen) atoms. The summed E-state index contributed by atoms with van der Waals surface area (Å²) in [5, 5.41) is 0.718. The molecule has 4 heteroatoms. The second kappa shape index (κ2) is 5.27. The standard InChI is InChI=1S/C9H9BrClNO/c1-13-12-9(6-10)7-2-4-8(11)5-3-7/h2-6,12H,1H3. The summed E-state index contributed by atoms with van der Waals surface area (Å²) in [6, 6.07) is 7.46. The molecule has 0 heterocycles. The van der Waals surface area contributed by atoms with E-state index < -0.39 is 0 Å². The molecule has 0 aliphatic heterocycles. The van der Waals surface area contributed by atoms with Gasteiger partial charge in [-0.15, -0.1) is 0 Å². The lowest BCUT2D eigenvalue weighted by atomic mass is 10.2. The molecule has 2 nitrogen and oxygen atoms in total. The monoisotopic (exact) mass is 261 g/mol. The maximum Gasteiger partial charge on any atom is 0.0745 e. The van der Waals surface area contributed by atoms with Crippen LogP contribution in [-0.4, -0.2) is 7.11 Å². The average molecular weight is 263 g/mol. The van der Waals surface area contributed by atoms with Gasteiger partial charge in [0.25, 0.3) is 0 Å². The second-order valence-corrected chi connectivity index (χ2v) is 3.23. The largest absolute Gasteiger partial charge is 0.279 e. The average Bonchev–Trinajstić information content (AvgIpc) is 2.16. The first-order chi connectivity index (χ1) is 6.27. The molecule has 0 unspecified atom stereocenters. The van der Waals surface area contributed by atoms with E-state index in [1.165, 1.54) is 0 Å². The van der Waals surface area contributed by atoms with Gasteiger partial charge in [0.05, 0.1) is 12.8 Å². The number of rotatable bonds is 3. The van der Waals surface area contributed by atoms with Crippen LogP contribution in [0.5, 0.6) is 0 Å². The third-order valence-electron chi connectivity index (χ3n) is 1.48. The number of hydrogen-bond donors (Lipinski definition) is 1. The van der Waals surface area contributed by atoms with Gasteiger partial charge in [-0.05, 0) is 12.1 Å². The zero-order valence-electron chi connectivity index (χ0n) is 7.05. The molecular formula is C9H9BrClNO. The van der Waals surface area contributed by atoms with Crippen molar-refractivity contribution < 1.29 is 4.84 Å². The summed E-state index contributed by atoms with van der Waals surface area (Å²) in [7, 11) is 1.56. The van der Waals surface area contributed by atoms with Crippen LogP contribution in [0.2, 0.25) is 5.02 Å². The lowest BCUT2D eigenvalue weighted by molar-refractivity contribution is 0.137. The highest BCUT2D eigenvalue weighted by molar-refractivity contribution is 9.11. The van der Waals surface area contributed by atoms with E-state index in [0.29, 0.717) is 0 Å². The molecule has 0 radical (unpaired) electrons. The molecule has 70 valence electrons. The van der Waals surface area contributed by atoms with Crippen molar-refractivity contribution in [1.29, 1.82) is 0 Å². The summed E-state index contributed by atoms with van der Waals surface area (Å²) in [6.07, 6.45) is 0. The number of hydrogen-bond acceptors (Lipinski definition) is 2. The summed E-state index contributed by atoms with van der Waals surface area (Å²) in [5.41, 5.74) is 4.59. The van der Waals surface area contributed by atoms with Crippen molar-refractivity contribution >= 4 is 33.2 Å². The van der Waals surface area contributed by atoms with Gasteiger partial charge in [0.1, 0.15) is 0 Å². The van der Waals surface area contributed by atoms with Crippen LogP contribution < -0.4 is 5.48 Å². The first-order valence-corrected chi connectivity index (χ1v) is 4.92. The van der Waals surface area contributed by atoms with E-state index in [-0.39, 0.29) is 0 Å². The van der Waals surface area contributed by atoms with Gasteiger partial charge >= 0.3 is 0 Å². The van der Waals surface area contributed by atoms with Gasteiger partial charge in [-0.3, -0.25) is 10.3 Å². The molecule has 0 atom stereocenters. The molecule has 0 amide bonds. The van der Waals surface area contributed by atoms with Crippen LogP contribution in [0.1, 0.15) is 5.56 Å². The summed E-state index contributed by atoms with van der Waals surface area (Å²) in [5.74, 6) is 0. The molecule has 1 aromatic carbocycles. The first kappa shape index (κ1) is 10.6. The van der Waals surface area contributed by atoms with Gasteiger partial charge < -0.3 is 0 Å². The van der Waals surface area contributed by atoms with Crippen LogP contribution in [0.25, 0.3) is 5.70 Å². The summed E-state index contributed by atoms with van der Waals surface area (Å²) in [4.78, 5) is 6.55. The normalized spacial score (nSPS) is 11.5. The minimum Gasteiger partial charge on any atom is -0.279 e. The quantitative estimate of drug-likeness (QED) is 0.845. The van der Waals surface area contributed by atoms with Crippen LogP contribution in [0.4, 0.5) is 0 Å². The highest BCUT2D eigenvalue weighted by atomic mass is 79.9. The molecule has 0 aliphatic carbocycles. The van der Waals surface area contributed by atoms with Crippen molar-refractivity contribution in [2.24, 2.45) is 0 Å². The van der Waals surface area contributed by atoms with E-state index >= 15 is 0 Å². The fraction of sp³-hybridized carbons (Fsp3) is 0.111. The van der Waals surface area contributed by atoms with Gasteiger partial charge in [-0.2, -0.15) is 0 Å². The third kappa shape index (κ3) is 3.03. The first-order valence-electron chi connectivity index (χ1n) is 3.63. The fourth-order valence-electron chi connectivity index (χ4n) is 0.884. The Balaban J connectivity index is 2.87. The number of nitrogens with one attached hydrogen (secondary N) is 1. The molecule has 0 aliphatic rings. The molecule has 0 fully saturated rings. The van der Waals surface area contributed by atoms with Crippen LogP contribution in [0, 0.1) is 0 Å².